The lowest BCUT2D eigenvalue weighted by atomic mass is 10.1. The van der Waals surface area contributed by atoms with Crippen LogP contribution in [0.25, 0.3) is 11.1 Å². The van der Waals surface area contributed by atoms with Gasteiger partial charge in [0, 0.05) is 12.7 Å². The molecule has 0 saturated carbocycles. The average Bonchev–Trinajstić information content (AvgIpc) is 2.82. The van der Waals surface area contributed by atoms with Gasteiger partial charge in [0.05, 0.1) is 5.52 Å². The Morgan fingerprint density at radius 3 is 2.68 bits per heavy atom. The molecule has 0 fully saturated rings. The second-order valence-corrected chi connectivity index (χ2v) is 4.91. The van der Waals surface area contributed by atoms with Gasteiger partial charge in [-0.2, -0.15) is 0 Å². The molecule has 2 N–H and O–H groups in total. The van der Waals surface area contributed by atoms with Crippen LogP contribution in [0.15, 0.2) is 57.7 Å². The van der Waals surface area contributed by atoms with Crippen molar-refractivity contribution in [3.8, 4) is 0 Å². The van der Waals surface area contributed by atoms with Crippen LogP contribution in [0.2, 0.25) is 0 Å². The Labute approximate surface area is 125 Å². The van der Waals surface area contributed by atoms with Crippen LogP contribution in [-0.2, 0) is 11.8 Å². The Morgan fingerprint density at radius 1 is 1.23 bits per heavy atom. The normalized spacial score (nSPS) is 12.3. The number of benzene rings is 2. The van der Waals surface area contributed by atoms with Gasteiger partial charge in [-0.25, -0.2) is 4.79 Å². The molecule has 1 amide bonds. The highest BCUT2D eigenvalue weighted by atomic mass is 16.4. The van der Waals surface area contributed by atoms with Crippen molar-refractivity contribution in [1.29, 1.82) is 0 Å². The van der Waals surface area contributed by atoms with E-state index < -0.39 is 17.8 Å². The molecule has 0 saturated heterocycles. The SMILES string of the molecule is Cn1c(=O)oc2ccc(NC(=O)C(O)c3ccccc3)cc21. The van der Waals surface area contributed by atoms with E-state index in [1.807, 2.05) is 6.07 Å². The Bertz CT molecular complexity index is 880. The van der Waals surface area contributed by atoms with Crippen LogP contribution < -0.4 is 11.1 Å². The fourth-order valence-electron chi connectivity index (χ4n) is 2.20. The average molecular weight is 298 g/mol. The van der Waals surface area contributed by atoms with E-state index in [1.165, 1.54) is 4.57 Å². The molecule has 6 nitrogen and oxygen atoms in total. The van der Waals surface area contributed by atoms with Crippen LogP contribution in [-0.4, -0.2) is 15.6 Å². The van der Waals surface area contributed by atoms with Gasteiger partial charge in [-0.3, -0.25) is 9.36 Å². The van der Waals surface area contributed by atoms with E-state index in [2.05, 4.69) is 5.32 Å². The number of nitrogens with zero attached hydrogens (tertiary/aromatic N) is 1. The van der Waals surface area contributed by atoms with Gasteiger partial charge in [0.15, 0.2) is 11.7 Å². The molecule has 1 aromatic heterocycles. The molecule has 3 rings (SSSR count). The van der Waals surface area contributed by atoms with Crippen LogP contribution in [0.4, 0.5) is 5.69 Å². The second kappa shape index (κ2) is 5.50. The Hall–Kier alpha value is -2.86. The number of carbonyl (C=O) groups is 1. The van der Waals surface area contributed by atoms with Crippen molar-refractivity contribution < 1.29 is 14.3 Å². The first-order chi connectivity index (χ1) is 10.6. The van der Waals surface area contributed by atoms with Crippen molar-refractivity contribution >= 4 is 22.7 Å². The fraction of sp³-hybridized carbons (Fsp3) is 0.125. The van der Waals surface area contributed by atoms with Crippen molar-refractivity contribution in [1.82, 2.24) is 4.57 Å². The van der Waals surface area contributed by atoms with Crippen LogP contribution in [0.1, 0.15) is 11.7 Å². The number of hydrogen-bond donors (Lipinski definition) is 2. The summed E-state index contributed by atoms with van der Waals surface area (Å²) in [4.78, 5) is 23.5. The number of aryl methyl sites for hydroxylation is 1. The van der Waals surface area contributed by atoms with Crippen molar-refractivity contribution in [2.75, 3.05) is 5.32 Å². The third-order valence-corrected chi connectivity index (χ3v) is 3.42. The predicted molar refractivity (Wildman–Crippen MR) is 81.5 cm³/mol. The van der Waals surface area contributed by atoms with E-state index in [9.17, 15) is 14.7 Å². The zero-order valence-electron chi connectivity index (χ0n) is 11.8. The molecule has 112 valence electrons. The molecule has 3 aromatic rings. The lowest BCUT2D eigenvalue weighted by Crippen LogP contribution is -2.20. The molecule has 0 aliphatic heterocycles. The molecule has 0 radical (unpaired) electrons. The summed E-state index contributed by atoms with van der Waals surface area (Å²) in [6.45, 7) is 0. The number of aliphatic hydroxyl groups excluding tert-OH is 1. The van der Waals surface area contributed by atoms with Gasteiger partial charge >= 0.3 is 5.76 Å². The summed E-state index contributed by atoms with van der Waals surface area (Å²) in [5.41, 5.74) is 1.99. The maximum absolute atomic E-state index is 12.1. The molecular weight excluding hydrogens is 284 g/mol. The van der Waals surface area contributed by atoms with Crippen LogP contribution in [0.5, 0.6) is 0 Å². The van der Waals surface area contributed by atoms with E-state index in [0.29, 0.717) is 22.4 Å². The van der Waals surface area contributed by atoms with E-state index in [0.717, 1.165) is 0 Å². The van der Waals surface area contributed by atoms with Crippen LogP contribution in [0.3, 0.4) is 0 Å². The van der Waals surface area contributed by atoms with E-state index in [-0.39, 0.29) is 0 Å². The number of amides is 1. The second-order valence-electron chi connectivity index (χ2n) is 4.91. The quantitative estimate of drug-likeness (QED) is 0.772. The zero-order chi connectivity index (χ0) is 15.7. The predicted octanol–water partition coefficient (Wildman–Crippen LogP) is 1.80. The van der Waals surface area contributed by atoms with Crippen molar-refractivity contribution in [3.63, 3.8) is 0 Å². The largest absolute Gasteiger partial charge is 0.419 e. The van der Waals surface area contributed by atoms with Gasteiger partial charge in [0.2, 0.25) is 0 Å². The molecule has 0 spiro atoms. The summed E-state index contributed by atoms with van der Waals surface area (Å²) in [5, 5.41) is 12.7. The summed E-state index contributed by atoms with van der Waals surface area (Å²) in [7, 11) is 1.58. The van der Waals surface area contributed by atoms with Gasteiger partial charge in [-0.1, -0.05) is 30.3 Å². The third kappa shape index (κ3) is 2.51. The summed E-state index contributed by atoms with van der Waals surface area (Å²) in [5.74, 6) is -1.01. The lowest BCUT2D eigenvalue weighted by Gasteiger charge is -2.11. The molecular formula is C16H14N2O4. The first-order valence-corrected chi connectivity index (χ1v) is 6.70. The molecule has 0 bridgehead atoms. The van der Waals surface area contributed by atoms with Gasteiger partial charge < -0.3 is 14.8 Å². The van der Waals surface area contributed by atoms with Gasteiger partial charge in [-0.05, 0) is 23.8 Å². The molecule has 6 heteroatoms. The van der Waals surface area contributed by atoms with Crippen LogP contribution >= 0.6 is 0 Å². The molecule has 0 aliphatic carbocycles. The van der Waals surface area contributed by atoms with Crippen molar-refractivity contribution in [3.05, 3.63) is 64.6 Å². The number of oxazole rings is 1. The Morgan fingerprint density at radius 2 is 1.95 bits per heavy atom. The van der Waals surface area contributed by atoms with Crippen molar-refractivity contribution in [2.24, 2.45) is 7.05 Å². The summed E-state index contributed by atoms with van der Waals surface area (Å²) >= 11 is 0. The zero-order valence-corrected chi connectivity index (χ0v) is 11.8. The highest BCUT2D eigenvalue weighted by molar-refractivity contribution is 5.96. The first-order valence-electron chi connectivity index (χ1n) is 6.70. The molecule has 0 aliphatic rings. The fourth-order valence-corrected chi connectivity index (χ4v) is 2.20. The number of carbonyl (C=O) groups excluding carboxylic acids is 1. The number of anilines is 1. The molecule has 22 heavy (non-hydrogen) atoms. The number of fused-ring (bicyclic) bond motifs is 1. The summed E-state index contributed by atoms with van der Waals surface area (Å²) in [6, 6.07) is 13.5. The topological polar surface area (TPSA) is 84.5 Å². The summed E-state index contributed by atoms with van der Waals surface area (Å²) < 4.78 is 6.37. The smallest absolute Gasteiger partial charge is 0.408 e. The molecule has 1 atom stereocenters. The molecule has 2 aromatic carbocycles. The third-order valence-electron chi connectivity index (χ3n) is 3.42. The number of nitrogens with one attached hydrogen (secondary N) is 1. The number of rotatable bonds is 3. The van der Waals surface area contributed by atoms with Gasteiger partial charge in [0.25, 0.3) is 5.91 Å². The molecule has 1 heterocycles. The monoisotopic (exact) mass is 298 g/mol. The number of aliphatic hydroxyl groups is 1. The van der Waals surface area contributed by atoms with Crippen LogP contribution in [0, 0.1) is 0 Å². The van der Waals surface area contributed by atoms with E-state index in [1.54, 1.807) is 49.5 Å². The minimum absolute atomic E-state index is 0.439. The number of hydrogen-bond acceptors (Lipinski definition) is 4. The highest BCUT2D eigenvalue weighted by Crippen LogP contribution is 2.20. The highest BCUT2D eigenvalue weighted by Gasteiger charge is 2.17. The van der Waals surface area contributed by atoms with Gasteiger partial charge in [0.1, 0.15) is 0 Å². The van der Waals surface area contributed by atoms with E-state index in [4.69, 9.17) is 4.42 Å². The summed E-state index contributed by atoms with van der Waals surface area (Å²) in [6.07, 6.45) is -1.26. The van der Waals surface area contributed by atoms with E-state index >= 15 is 0 Å². The Kier molecular flexibility index (Phi) is 3.52. The number of aromatic nitrogens is 1. The van der Waals surface area contributed by atoms with Gasteiger partial charge in [-0.15, -0.1) is 0 Å². The van der Waals surface area contributed by atoms with Crippen molar-refractivity contribution in [2.45, 2.75) is 6.10 Å². The molecule has 1 unspecified atom stereocenters. The lowest BCUT2D eigenvalue weighted by molar-refractivity contribution is -0.124. The minimum atomic E-state index is -1.26. The minimum Gasteiger partial charge on any atom is -0.408 e. The standard InChI is InChI=1S/C16H14N2O4/c1-18-12-9-11(7-8-13(12)22-16(18)21)17-15(20)14(19)10-5-3-2-4-6-10/h2-9,14,19H,1H3,(H,17,20). The first kappa shape index (κ1) is 14.1. The maximum atomic E-state index is 12.1. The maximum Gasteiger partial charge on any atom is 0.419 e. The Balaban J connectivity index is 1.85.